The van der Waals surface area contributed by atoms with E-state index in [1.54, 1.807) is 24.4 Å². The standard InChI is InChI=1S/C25H19BrFN3OS/c1-15-5-4-6-17(13-15)30-24(23(29-25(30)32)20-7-2-3-12-28-20)22-11-10-21(31-22)18-9-8-16(26)14-19(18)27/h2-14,23-24H,1H3,(H,29,32)/t23-,24-/m1/s1. The number of anilines is 1. The first kappa shape index (κ1) is 20.8. The molecule has 1 fully saturated rings. The molecule has 1 N–H and O–H groups in total. The van der Waals surface area contributed by atoms with Gasteiger partial charge in [-0.1, -0.05) is 34.1 Å². The van der Waals surface area contributed by atoms with Crippen molar-refractivity contribution in [1.82, 2.24) is 10.3 Å². The molecule has 1 saturated heterocycles. The van der Waals surface area contributed by atoms with Crippen molar-refractivity contribution >= 4 is 38.9 Å². The molecule has 2 atom stereocenters. The summed E-state index contributed by atoms with van der Waals surface area (Å²) in [5.74, 6) is 0.788. The van der Waals surface area contributed by atoms with E-state index in [0.717, 1.165) is 16.9 Å². The molecule has 1 aliphatic heterocycles. The van der Waals surface area contributed by atoms with E-state index in [0.29, 0.717) is 26.7 Å². The van der Waals surface area contributed by atoms with Crippen LogP contribution in [0.5, 0.6) is 0 Å². The van der Waals surface area contributed by atoms with Gasteiger partial charge in [0.2, 0.25) is 0 Å². The van der Waals surface area contributed by atoms with Gasteiger partial charge in [-0.05, 0) is 79.3 Å². The van der Waals surface area contributed by atoms with Crippen LogP contribution >= 0.6 is 28.1 Å². The van der Waals surface area contributed by atoms with Gasteiger partial charge < -0.3 is 14.6 Å². The summed E-state index contributed by atoms with van der Waals surface area (Å²) in [4.78, 5) is 6.59. The first-order chi connectivity index (χ1) is 15.5. The normalized spacial score (nSPS) is 18.1. The van der Waals surface area contributed by atoms with E-state index in [1.807, 2.05) is 54.3 Å². The maximum Gasteiger partial charge on any atom is 0.174 e. The second-order valence-electron chi connectivity index (χ2n) is 7.66. The van der Waals surface area contributed by atoms with Crippen LogP contribution in [0.15, 0.2) is 87.9 Å². The van der Waals surface area contributed by atoms with Crippen LogP contribution in [0.2, 0.25) is 0 Å². The second-order valence-corrected chi connectivity index (χ2v) is 8.96. The molecule has 1 aliphatic rings. The molecule has 160 valence electrons. The molecule has 0 spiro atoms. The van der Waals surface area contributed by atoms with Gasteiger partial charge in [0.15, 0.2) is 5.11 Å². The van der Waals surface area contributed by atoms with Crippen molar-refractivity contribution in [2.45, 2.75) is 19.0 Å². The summed E-state index contributed by atoms with van der Waals surface area (Å²) in [6.07, 6.45) is 1.76. The van der Waals surface area contributed by atoms with Crippen LogP contribution in [0, 0.1) is 12.7 Å². The number of aromatic nitrogens is 1. The van der Waals surface area contributed by atoms with E-state index < -0.39 is 0 Å². The minimum atomic E-state index is -0.350. The smallest absolute Gasteiger partial charge is 0.174 e. The molecule has 2 aromatic carbocycles. The number of halogens is 2. The SMILES string of the molecule is Cc1cccc(N2C(=S)N[C@H](c3ccccn3)[C@H]2c2ccc(-c3ccc(Br)cc3F)o2)c1. The molecule has 3 heterocycles. The molecule has 0 radical (unpaired) electrons. The van der Waals surface area contributed by atoms with Crippen molar-refractivity contribution in [1.29, 1.82) is 0 Å². The number of hydrogen-bond acceptors (Lipinski definition) is 3. The van der Waals surface area contributed by atoms with Gasteiger partial charge in [-0.15, -0.1) is 0 Å². The van der Waals surface area contributed by atoms with Crippen LogP contribution in [0.4, 0.5) is 10.1 Å². The lowest BCUT2D eigenvalue weighted by Gasteiger charge is -2.26. The highest BCUT2D eigenvalue weighted by atomic mass is 79.9. The van der Waals surface area contributed by atoms with Gasteiger partial charge in [0.1, 0.15) is 23.4 Å². The molecule has 0 saturated carbocycles. The molecule has 4 nitrogen and oxygen atoms in total. The van der Waals surface area contributed by atoms with E-state index >= 15 is 0 Å². The molecule has 0 aliphatic carbocycles. The molecule has 7 heteroatoms. The van der Waals surface area contributed by atoms with Gasteiger partial charge >= 0.3 is 0 Å². The first-order valence-electron chi connectivity index (χ1n) is 10.1. The lowest BCUT2D eigenvalue weighted by molar-refractivity contribution is 0.438. The predicted molar refractivity (Wildman–Crippen MR) is 131 cm³/mol. The number of thiocarbonyl (C=S) groups is 1. The summed E-state index contributed by atoms with van der Waals surface area (Å²) < 4.78 is 21.5. The van der Waals surface area contributed by atoms with Crippen molar-refractivity contribution in [3.63, 3.8) is 0 Å². The van der Waals surface area contributed by atoms with Crippen molar-refractivity contribution < 1.29 is 8.81 Å². The zero-order chi connectivity index (χ0) is 22.2. The summed E-state index contributed by atoms with van der Waals surface area (Å²) in [6, 6.07) is 22.0. The summed E-state index contributed by atoms with van der Waals surface area (Å²) in [7, 11) is 0. The number of furan rings is 1. The highest BCUT2D eigenvalue weighted by Gasteiger charge is 2.42. The monoisotopic (exact) mass is 507 g/mol. The fourth-order valence-electron chi connectivity index (χ4n) is 4.05. The Morgan fingerprint density at radius 3 is 2.69 bits per heavy atom. The van der Waals surface area contributed by atoms with E-state index in [4.69, 9.17) is 16.6 Å². The molecule has 0 unspecified atom stereocenters. The predicted octanol–water partition coefficient (Wildman–Crippen LogP) is 6.73. The van der Waals surface area contributed by atoms with Gasteiger partial charge in [0.25, 0.3) is 0 Å². The Bertz CT molecular complexity index is 1290. The average Bonchev–Trinajstić information content (AvgIpc) is 3.39. The Morgan fingerprint density at radius 1 is 1.06 bits per heavy atom. The van der Waals surface area contributed by atoms with Crippen LogP contribution < -0.4 is 10.2 Å². The van der Waals surface area contributed by atoms with E-state index in [2.05, 4.69) is 32.3 Å². The lowest BCUT2D eigenvalue weighted by Crippen LogP contribution is -2.29. The third-order valence-corrected chi connectivity index (χ3v) is 6.30. The van der Waals surface area contributed by atoms with E-state index in [1.165, 1.54) is 6.07 Å². The van der Waals surface area contributed by atoms with Gasteiger partial charge in [-0.2, -0.15) is 0 Å². The van der Waals surface area contributed by atoms with Crippen molar-refractivity contribution in [3.05, 3.63) is 106 Å². The Hall–Kier alpha value is -3.03. The van der Waals surface area contributed by atoms with Gasteiger partial charge in [-0.3, -0.25) is 4.98 Å². The Labute approximate surface area is 199 Å². The van der Waals surface area contributed by atoms with E-state index in [-0.39, 0.29) is 17.9 Å². The molecule has 32 heavy (non-hydrogen) atoms. The van der Waals surface area contributed by atoms with Crippen molar-refractivity contribution in [2.24, 2.45) is 0 Å². The van der Waals surface area contributed by atoms with Crippen LogP contribution in [-0.2, 0) is 0 Å². The summed E-state index contributed by atoms with van der Waals surface area (Å²) in [5.41, 5.74) is 3.34. The highest BCUT2D eigenvalue weighted by Crippen LogP contribution is 2.43. The maximum atomic E-state index is 14.6. The number of nitrogens with zero attached hydrogens (tertiary/aromatic N) is 2. The second kappa shape index (κ2) is 8.48. The van der Waals surface area contributed by atoms with Crippen LogP contribution in [0.25, 0.3) is 11.3 Å². The zero-order valence-corrected chi connectivity index (χ0v) is 19.5. The fourth-order valence-corrected chi connectivity index (χ4v) is 4.72. The van der Waals surface area contributed by atoms with Gasteiger partial charge in [0, 0.05) is 16.4 Å². The molecule has 2 aromatic heterocycles. The highest BCUT2D eigenvalue weighted by molar-refractivity contribution is 9.10. The third-order valence-electron chi connectivity index (χ3n) is 5.49. The van der Waals surface area contributed by atoms with Crippen LogP contribution in [-0.4, -0.2) is 10.1 Å². The minimum Gasteiger partial charge on any atom is -0.459 e. The number of pyridine rings is 1. The van der Waals surface area contributed by atoms with Crippen LogP contribution in [0.3, 0.4) is 0 Å². The summed E-state index contributed by atoms with van der Waals surface area (Å²) in [6.45, 7) is 2.04. The molecule has 4 aromatic rings. The molecule has 5 rings (SSSR count). The third kappa shape index (κ3) is 3.82. The minimum absolute atomic E-state index is 0.224. The number of hydrogen-bond donors (Lipinski definition) is 1. The summed E-state index contributed by atoms with van der Waals surface area (Å²) in [5, 5.41) is 4.00. The first-order valence-corrected chi connectivity index (χ1v) is 11.3. The summed E-state index contributed by atoms with van der Waals surface area (Å²) >= 11 is 9.04. The molecular weight excluding hydrogens is 489 g/mol. The fraction of sp³-hybridized carbons (Fsp3) is 0.120. The number of aryl methyl sites for hydroxylation is 1. The lowest BCUT2D eigenvalue weighted by atomic mass is 10.0. The van der Waals surface area contributed by atoms with Crippen molar-refractivity contribution in [2.75, 3.05) is 4.90 Å². The Kier molecular flexibility index (Phi) is 5.53. The van der Waals surface area contributed by atoms with Crippen LogP contribution in [0.1, 0.15) is 29.1 Å². The van der Waals surface area contributed by atoms with E-state index in [9.17, 15) is 4.39 Å². The van der Waals surface area contributed by atoms with Gasteiger partial charge in [-0.25, -0.2) is 4.39 Å². The van der Waals surface area contributed by atoms with Gasteiger partial charge in [0.05, 0.1) is 17.3 Å². The largest absolute Gasteiger partial charge is 0.459 e. The molecule has 0 amide bonds. The van der Waals surface area contributed by atoms with Crippen molar-refractivity contribution in [3.8, 4) is 11.3 Å². The maximum absolute atomic E-state index is 14.6. The number of rotatable bonds is 4. The number of nitrogens with one attached hydrogen (secondary N) is 1. The molecule has 0 bridgehead atoms. The Morgan fingerprint density at radius 2 is 1.94 bits per heavy atom. The molecular formula is C25H19BrFN3OS. The Balaban J connectivity index is 1.61. The average molecular weight is 508 g/mol. The number of benzene rings is 2. The topological polar surface area (TPSA) is 41.3 Å². The quantitative estimate of drug-likeness (QED) is 0.310. The zero-order valence-electron chi connectivity index (χ0n) is 17.1.